The quantitative estimate of drug-likeness (QED) is 0.139. The van der Waals surface area contributed by atoms with Crippen molar-refractivity contribution in [1.29, 1.82) is 0 Å². The summed E-state index contributed by atoms with van der Waals surface area (Å²) in [6.45, 7) is 14.7. The first-order valence-electron chi connectivity index (χ1n) is 11.5. The van der Waals surface area contributed by atoms with Crippen molar-refractivity contribution < 1.29 is 9.63 Å². The highest BCUT2D eigenvalue weighted by Gasteiger charge is 2.28. The van der Waals surface area contributed by atoms with E-state index in [1.54, 1.807) is 6.92 Å². The lowest BCUT2D eigenvalue weighted by Crippen LogP contribution is -2.45. The first-order chi connectivity index (χ1) is 12.8. The van der Waals surface area contributed by atoms with Crippen molar-refractivity contribution in [1.82, 2.24) is 5.06 Å². The van der Waals surface area contributed by atoms with Crippen molar-refractivity contribution in [2.24, 2.45) is 0 Å². The Morgan fingerprint density at radius 3 is 1.59 bits per heavy atom. The van der Waals surface area contributed by atoms with Gasteiger partial charge in [-0.2, -0.15) is 0 Å². The van der Waals surface area contributed by atoms with Gasteiger partial charge >= 0.3 is 5.97 Å². The molecule has 0 heterocycles. The Labute approximate surface area is 169 Å². The van der Waals surface area contributed by atoms with Gasteiger partial charge in [0.25, 0.3) is 0 Å². The maximum Gasteiger partial charge on any atom is 0.352 e. The van der Waals surface area contributed by atoms with E-state index in [-0.39, 0.29) is 11.5 Å². The summed E-state index contributed by atoms with van der Waals surface area (Å²) in [4.78, 5) is 17.3. The van der Waals surface area contributed by atoms with Crippen molar-refractivity contribution >= 4 is 5.97 Å². The van der Waals surface area contributed by atoms with Crippen LogP contribution in [0.1, 0.15) is 125 Å². The Balaban J connectivity index is 3.69. The summed E-state index contributed by atoms with van der Waals surface area (Å²) < 4.78 is 0. The molecule has 0 saturated carbocycles. The maximum atomic E-state index is 11.8. The van der Waals surface area contributed by atoms with Crippen molar-refractivity contribution in [3.05, 3.63) is 12.2 Å². The second kappa shape index (κ2) is 16.2. The lowest BCUT2D eigenvalue weighted by atomic mass is 9.95. The number of rotatable bonds is 18. The summed E-state index contributed by atoms with van der Waals surface area (Å²) in [6, 6.07) is 0. The zero-order valence-corrected chi connectivity index (χ0v) is 19.1. The van der Waals surface area contributed by atoms with Crippen LogP contribution in [0.5, 0.6) is 0 Å². The highest BCUT2D eigenvalue weighted by atomic mass is 16.7. The van der Waals surface area contributed by atoms with Crippen LogP contribution in [0.25, 0.3) is 0 Å². The molecule has 0 radical (unpaired) electrons. The van der Waals surface area contributed by atoms with Crippen LogP contribution >= 0.6 is 0 Å². The van der Waals surface area contributed by atoms with Gasteiger partial charge in [-0.3, -0.25) is 0 Å². The van der Waals surface area contributed by atoms with Gasteiger partial charge in [0, 0.05) is 12.1 Å². The molecule has 0 atom stereocenters. The molecule has 0 saturated heterocycles. The first-order valence-corrected chi connectivity index (χ1v) is 11.5. The van der Waals surface area contributed by atoms with E-state index < -0.39 is 0 Å². The van der Waals surface area contributed by atoms with Gasteiger partial charge in [-0.05, 0) is 34.1 Å². The number of hydrogen-bond acceptors (Lipinski definition) is 3. The Bertz CT molecular complexity index is 390. The molecule has 0 spiro atoms. The molecule has 0 fully saturated rings. The summed E-state index contributed by atoms with van der Waals surface area (Å²) in [5.74, 6) is -0.324. The van der Waals surface area contributed by atoms with E-state index in [0.29, 0.717) is 12.1 Å². The van der Waals surface area contributed by atoms with E-state index in [2.05, 4.69) is 27.4 Å². The molecule has 0 aliphatic rings. The normalized spacial score (nSPS) is 11.8. The molecule has 3 heteroatoms. The fraction of sp³-hybridized carbons (Fsp3) is 0.875. The standard InChI is InChI=1S/C24H47NO2/c1-7-9-10-11-12-13-14-15-16-17-18-19-20-21-24(5,6)25(8-2)27-23(26)22(3)4/h3,7-21H2,1-2,4-6H3. The van der Waals surface area contributed by atoms with Crippen molar-refractivity contribution in [2.45, 2.75) is 130 Å². The van der Waals surface area contributed by atoms with Crippen LogP contribution in [0, 0.1) is 0 Å². The van der Waals surface area contributed by atoms with Crippen molar-refractivity contribution in [3.63, 3.8) is 0 Å². The summed E-state index contributed by atoms with van der Waals surface area (Å²) in [6.07, 6.45) is 18.8. The Morgan fingerprint density at radius 2 is 1.22 bits per heavy atom. The summed E-state index contributed by atoms with van der Waals surface area (Å²) >= 11 is 0. The van der Waals surface area contributed by atoms with Crippen LogP contribution in [0.15, 0.2) is 12.2 Å². The van der Waals surface area contributed by atoms with Crippen LogP contribution in [-0.2, 0) is 9.63 Å². The van der Waals surface area contributed by atoms with E-state index in [1.807, 2.05) is 12.0 Å². The minimum absolute atomic E-state index is 0.127. The largest absolute Gasteiger partial charge is 0.364 e. The monoisotopic (exact) mass is 381 g/mol. The number of hydrogen-bond donors (Lipinski definition) is 0. The van der Waals surface area contributed by atoms with Crippen molar-refractivity contribution in [3.8, 4) is 0 Å². The lowest BCUT2D eigenvalue weighted by molar-refractivity contribution is -0.212. The molecular weight excluding hydrogens is 334 g/mol. The average Bonchev–Trinajstić information content (AvgIpc) is 2.62. The third-order valence-electron chi connectivity index (χ3n) is 5.40. The van der Waals surface area contributed by atoms with Gasteiger partial charge in [0.2, 0.25) is 0 Å². The van der Waals surface area contributed by atoms with Crippen LogP contribution in [0.3, 0.4) is 0 Å². The summed E-state index contributed by atoms with van der Waals surface area (Å²) in [5, 5.41) is 1.81. The van der Waals surface area contributed by atoms with Gasteiger partial charge in [-0.15, -0.1) is 5.06 Å². The predicted octanol–water partition coefficient (Wildman–Crippen LogP) is 7.60. The molecule has 0 aliphatic heterocycles. The third kappa shape index (κ3) is 13.9. The molecule has 3 nitrogen and oxygen atoms in total. The Hall–Kier alpha value is -0.830. The van der Waals surface area contributed by atoms with Gasteiger partial charge in [-0.25, -0.2) is 4.79 Å². The first kappa shape index (κ1) is 26.2. The Kier molecular flexibility index (Phi) is 15.7. The molecule has 0 rings (SSSR count). The van der Waals surface area contributed by atoms with Gasteiger partial charge in [0.05, 0.1) is 5.54 Å². The van der Waals surface area contributed by atoms with Gasteiger partial charge in [-0.1, -0.05) is 97.0 Å². The van der Waals surface area contributed by atoms with Gasteiger partial charge in [0.1, 0.15) is 0 Å². The fourth-order valence-corrected chi connectivity index (χ4v) is 3.49. The molecule has 0 amide bonds. The summed E-state index contributed by atoms with van der Waals surface area (Å²) in [7, 11) is 0. The number of unbranched alkanes of at least 4 members (excludes halogenated alkanes) is 12. The van der Waals surface area contributed by atoms with Crippen LogP contribution < -0.4 is 0 Å². The highest BCUT2D eigenvalue weighted by molar-refractivity contribution is 5.86. The van der Waals surface area contributed by atoms with Gasteiger partial charge in [0.15, 0.2) is 0 Å². The molecular formula is C24H47NO2. The number of nitrogens with zero attached hydrogens (tertiary/aromatic N) is 1. The van der Waals surface area contributed by atoms with Gasteiger partial charge < -0.3 is 4.84 Å². The topological polar surface area (TPSA) is 29.5 Å². The molecule has 27 heavy (non-hydrogen) atoms. The van der Waals surface area contributed by atoms with E-state index in [1.165, 1.54) is 83.5 Å². The minimum Gasteiger partial charge on any atom is -0.364 e. The van der Waals surface area contributed by atoms with Crippen LogP contribution in [0.4, 0.5) is 0 Å². The zero-order valence-electron chi connectivity index (χ0n) is 19.1. The minimum atomic E-state index is -0.324. The van der Waals surface area contributed by atoms with Crippen LogP contribution in [-0.4, -0.2) is 23.1 Å². The van der Waals surface area contributed by atoms with E-state index in [0.717, 1.165) is 6.42 Å². The van der Waals surface area contributed by atoms with E-state index in [4.69, 9.17) is 4.84 Å². The number of carbonyl (C=O) groups excluding carboxylic acids is 1. The molecule has 0 aromatic rings. The number of carbonyl (C=O) groups is 1. The molecule has 0 N–H and O–H groups in total. The zero-order chi connectivity index (χ0) is 20.5. The summed E-state index contributed by atoms with van der Waals surface area (Å²) in [5.41, 5.74) is 0.322. The smallest absolute Gasteiger partial charge is 0.352 e. The number of hydroxylamine groups is 2. The average molecular weight is 382 g/mol. The van der Waals surface area contributed by atoms with Crippen LogP contribution in [0.2, 0.25) is 0 Å². The molecule has 0 aromatic carbocycles. The molecule has 0 unspecified atom stereocenters. The second-order valence-corrected chi connectivity index (χ2v) is 8.66. The maximum absolute atomic E-state index is 11.8. The SMILES string of the molecule is C=C(C)C(=O)ON(CC)C(C)(C)CCCCCCCCCCCCCCC. The third-order valence-corrected chi connectivity index (χ3v) is 5.40. The van der Waals surface area contributed by atoms with E-state index in [9.17, 15) is 4.79 Å². The molecule has 0 aliphatic carbocycles. The molecule has 160 valence electrons. The Morgan fingerprint density at radius 1 is 0.815 bits per heavy atom. The predicted molar refractivity (Wildman–Crippen MR) is 118 cm³/mol. The highest BCUT2D eigenvalue weighted by Crippen LogP contribution is 2.23. The lowest BCUT2D eigenvalue weighted by Gasteiger charge is -2.36. The molecule has 0 bridgehead atoms. The fourth-order valence-electron chi connectivity index (χ4n) is 3.49. The second-order valence-electron chi connectivity index (χ2n) is 8.66. The molecule has 0 aromatic heterocycles. The van der Waals surface area contributed by atoms with E-state index >= 15 is 0 Å². The van der Waals surface area contributed by atoms with Crippen molar-refractivity contribution in [2.75, 3.05) is 6.54 Å².